The van der Waals surface area contributed by atoms with Crippen molar-refractivity contribution in [3.8, 4) is 5.75 Å². The predicted molar refractivity (Wildman–Crippen MR) is 84.6 cm³/mol. The molecule has 124 valence electrons. The van der Waals surface area contributed by atoms with E-state index in [0.29, 0.717) is 12.1 Å². The minimum Gasteiger partial charge on any atom is -0.484 e. The quantitative estimate of drug-likeness (QED) is 0.678. The standard InChI is InChI=1S/C16H21N3O4/c1-10(2)23-15-7-11-9-18(12-3-5-17-6-4-12)16(20)13(11)8-14(15)19(21)22/h7-8,10,12,17H,3-6,9H2,1-2H3. The topological polar surface area (TPSA) is 84.7 Å². The lowest BCUT2D eigenvalue weighted by molar-refractivity contribution is -0.386. The van der Waals surface area contributed by atoms with Gasteiger partial charge in [-0.3, -0.25) is 14.9 Å². The number of nitro benzene ring substituents is 1. The van der Waals surface area contributed by atoms with Gasteiger partial charge < -0.3 is 15.0 Å². The molecule has 0 aliphatic carbocycles. The molecule has 0 spiro atoms. The van der Waals surface area contributed by atoms with E-state index in [9.17, 15) is 14.9 Å². The summed E-state index contributed by atoms with van der Waals surface area (Å²) in [6.45, 7) is 5.94. The second kappa shape index (κ2) is 6.16. The maximum absolute atomic E-state index is 12.6. The average Bonchev–Trinajstić information content (AvgIpc) is 2.83. The average molecular weight is 319 g/mol. The third-order valence-electron chi connectivity index (χ3n) is 4.33. The van der Waals surface area contributed by atoms with Gasteiger partial charge in [-0.05, 0) is 51.4 Å². The number of nitrogens with one attached hydrogen (secondary N) is 1. The fourth-order valence-electron chi connectivity index (χ4n) is 3.25. The summed E-state index contributed by atoms with van der Waals surface area (Å²) in [6, 6.07) is 3.23. The largest absolute Gasteiger partial charge is 0.484 e. The number of amides is 1. The monoisotopic (exact) mass is 319 g/mol. The Labute approximate surface area is 134 Å². The van der Waals surface area contributed by atoms with E-state index in [4.69, 9.17) is 4.74 Å². The van der Waals surface area contributed by atoms with Crippen molar-refractivity contribution in [1.29, 1.82) is 0 Å². The summed E-state index contributed by atoms with van der Waals surface area (Å²) in [7, 11) is 0. The van der Waals surface area contributed by atoms with Crippen LogP contribution >= 0.6 is 0 Å². The van der Waals surface area contributed by atoms with E-state index in [1.807, 2.05) is 18.7 Å². The lowest BCUT2D eigenvalue weighted by Gasteiger charge is -2.31. The lowest BCUT2D eigenvalue weighted by atomic mass is 10.1. The summed E-state index contributed by atoms with van der Waals surface area (Å²) < 4.78 is 5.57. The molecule has 1 aromatic rings. The van der Waals surface area contributed by atoms with Crippen LogP contribution in [0.15, 0.2) is 12.1 Å². The van der Waals surface area contributed by atoms with Gasteiger partial charge in [-0.1, -0.05) is 0 Å². The summed E-state index contributed by atoms with van der Waals surface area (Å²) in [6.07, 6.45) is 1.67. The van der Waals surface area contributed by atoms with E-state index < -0.39 is 4.92 Å². The van der Waals surface area contributed by atoms with Gasteiger partial charge in [0.2, 0.25) is 0 Å². The van der Waals surface area contributed by atoms with Crippen LogP contribution in [0, 0.1) is 10.1 Å². The van der Waals surface area contributed by atoms with Crippen molar-refractivity contribution < 1.29 is 14.5 Å². The zero-order valence-electron chi connectivity index (χ0n) is 13.4. The number of rotatable bonds is 4. The number of hydrogen-bond donors (Lipinski definition) is 1. The van der Waals surface area contributed by atoms with Crippen molar-refractivity contribution >= 4 is 11.6 Å². The van der Waals surface area contributed by atoms with Gasteiger partial charge in [0.25, 0.3) is 5.91 Å². The Morgan fingerprint density at radius 1 is 1.35 bits per heavy atom. The van der Waals surface area contributed by atoms with Crippen LogP contribution in [0.25, 0.3) is 0 Å². The summed E-state index contributed by atoms with van der Waals surface area (Å²) in [4.78, 5) is 25.3. The first-order valence-corrected chi connectivity index (χ1v) is 7.97. The molecule has 7 nitrogen and oxygen atoms in total. The summed E-state index contributed by atoms with van der Waals surface area (Å²) in [5.74, 6) is 0.134. The normalized spacial score (nSPS) is 18.4. The summed E-state index contributed by atoms with van der Waals surface area (Å²) in [5, 5.41) is 14.6. The van der Waals surface area contributed by atoms with Crippen molar-refractivity contribution in [2.75, 3.05) is 13.1 Å². The molecule has 0 radical (unpaired) electrons. The molecule has 0 bridgehead atoms. The Balaban J connectivity index is 1.93. The number of nitro groups is 1. The van der Waals surface area contributed by atoms with Crippen LogP contribution in [0.5, 0.6) is 5.75 Å². The SMILES string of the molecule is CC(C)Oc1cc2c(cc1[N+](=O)[O-])C(=O)N(C1CCNCC1)C2. The molecular weight excluding hydrogens is 298 g/mol. The van der Waals surface area contributed by atoms with E-state index in [2.05, 4.69) is 5.32 Å². The molecule has 2 heterocycles. The number of ether oxygens (including phenoxy) is 1. The van der Waals surface area contributed by atoms with Crippen molar-refractivity contribution in [3.05, 3.63) is 33.4 Å². The molecule has 1 N–H and O–H groups in total. The van der Waals surface area contributed by atoms with Gasteiger partial charge in [-0.15, -0.1) is 0 Å². The number of piperidine rings is 1. The van der Waals surface area contributed by atoms with Gasteiger partial charge in [-0.25, -0.2) is 0 Å². The minimum absolute atomic E-state index is 0.105. The van der Waals surface area contributed by atoms with Crippen molar-refractivity contribution in [3.63, 3.8) is 0 Å². The molecular formula is C16H21N3O4. The molecule has 3 rings (SSSR count). The summed E-state index contributed by atoms with van der Waals surface area (Å²) >= 11 is 0. The van der Waals surface area contributed by atoms with Crippen LogP contribution in [0.4, 0.5) is 5.69 Å². The highest BCUT2D eigenvalue weighted by molar-refractivity contribution is 5.99. The molecule has 2 aliphatic rings. The maximum atomic E-state index is 12.6. The van der Waals surface area contributed by atoms with E-state index >= 15 is 0 Å². The van der Waals surface area contributed by atoms with E-state index in [1.54, 1.807) is 6.07 Å². The number of carbonyl (C=O) groups is 1. The smallest absolute Gasteiger partial charge is 0.311 e. The molecule has 1 amide bonds. The van der Waals surface area contributed by atoms with Gasteiger partial charge in [0.1, 0.15) is 0 Å². The molecule has 23 heavy (non-hydrogen) atoms. The number of hydrogen-bond acceptors (Lipinski definition) is 5. The molecule has 0 aromatic heterocycles. The minimum atomic E-state index is -0.488. The molecule has 1 saturated heterocycles. The molecule has 7 heteroatoms. The highest BCUT2D eigenvalue weighted by atomic mass is 16.6. The molecule has 0 unspecified atom stereocenters. The van der Waals surface area contributed by atoms with E-state index in [-0.39, 0.29) is 29.5 Å². The fraction of sp³-hybridized carbons (Fsp3) is 0.562. The van der Waals surface area contributed by atoms with Gasteiger partial charge in [0, 0.05) is 18.7 Å². The molecule has 0 atom stereocenters. The summed E-state index contributed by atoms with van der Waals surface area (Å²) in [5.41, 5.74) is 1.11. The van der Waals surface area contributed by atoms with Crippen molar-refractivity contribution in [2.24, 2.45) is 0 Å². The zero-order chi connectivity index (χ0) is 16.6. The first-order chi connectivity index (χ1) is 11.0. The fourth-order valence-corrected chi connectivity index (χ4v) is 3.25. The highest BCUT2D eigenvalue weighted by Crippen LogP contribution is 2.36. The van der Waals surface area contributed by atoms with Gasteiger partial charge >= 0.3 is 5.69 Å². The Kier molecular flexibility index (Phi) is 4.21. The number of nitrogens with zero attached hydrogens (tertiary/aromatic N) is 2. The molecule has 0 saturated carbocycles. The molecule has 1 aromatic carbocycles. The van der Waals surface area contributed by atoms with Crippen LogP contribution in [0.2, 0.25) is 0 Å². The lowest BCUT2D eigenvalue weighted by Crippen LogP contribution is -2.43. The number of benzene rings is 1. The Hall–Kier alpha value is -2.15. The molecule has 1 fully saturated rings. The van der Waals surface area contributed by atoms with Crippen LogP contribution in [-0.4, -0.2) is 41.0 Å². The van der Waals surface area contributed by atoms with Crippen LogP contribution < -0.4 is 10.1 Å². The van der Waals surface area contributed by atoms with Crippen LogP contribution in [0.3, 0.4) is 0 Å². The second-order valence-corrected chi connectivity index (χ2v) is 6.32. The number of carbonyl (C=O) groups excluding carboxylic acids is 1. The highest BCUT2D eigenvalue weighted by Gasteiger charge is 2.36. The van der Waals surface area contributed by atoms with Gasteiger partial charge in [-0.2, -0.15) is 0 Å². The van der Waals surface area contributed by atoms with Gasteiger partial charge in [0.05, 0.1) is 16.6 Å². The van der Waals surface area contributed by atoms with Crippen LogP contribution in [0.1, 0.15) is 42.6 Å². The Morgan fingerprint density at radius 3 is 2.65 bits per heavy atom. The first kappa shape index (κ1) is 15.7. The Morgan fingerprint density at radius 2 is 2.04 bits per heavy atom. The van der Waals surface area contributed by atoms with E-state index in [1.165, 1.54) is 6.07 Å². The van der Waals surface area contributed by atoms with Crippen molar-refractivity contribution in [1.82, 2.24) is 10.2 Å². The third kappa shape index (κ3) is 3.01. The first-order valence-electron chi connectivity index (χ1n) is 7.97. The number of fused-ring (bicyclic) bond motifs is 1. The zero-order valence-corrected chi connectivity index (χ0v) is 13.4. The van der Waals surface area contributed by atoms with Crippen molar-refractivity contribution in [2.45, 2.75) is 45.4 Å². The van der Waals surface area contributed by atoms with Gasteiger partial charge in [0.15, 0.2) is 5.75 Å². The van der Waals surface area contributed by atoms with E-state index in [0.717, 1.165) is 31.5 Å². The second-order valence-electron chi connectivity index (χ2n) is 6.32. The Bertz CT molecular complexity index is 638. The molecule has 2 aliphatic heterocycles. The van der Waals surface area contributed by atoms with Crippen LogP contribution in [-0.2, 0) is 6.54 Å². The predicted octanol–water partition coefficient (Wildman–Crippen LogP) is 2.09. The third-order valence-corrected chi connectivity index (χ3v) is 4.33. The maximum Gasteiger partial charge on any atom is 0.311 e.